The molecule has 1 aliphatic rings. The second-order valence-electron chi connectivity index (χ2n) is 4.16. The molecule has 1 aromatic carbocycles. The van der Waals surface area contributed by atoms with Crippen molar-refractivity contribution in [2.45, 2.75) is 18.8 Å². The van der Waals surface area contributed by atoms with E-state index in [9.17, 15) is 0 Å². The van der Waals surface area contributed by atoms with Crippen molar-refractivity contribution in [2.24, 2.45) is 0 Å². The maximum atomic E-state index is 5.18. The van der Waals surface area contributed by atoms with Gasteiger partial charge in [-0.05, 0) is 42.7 Å². The Labute approximate surface area is 102 Å². The van der Waals surface area contributed by atoms with E-state index in [1.54, 1.807) is 7.11 Å². The zero-order valence-electron chi connectivity index (χ0n) is 9.98. The molecule has 0 bridgehead atoms. The van der Waals surface area contributed by atoms with Crippen LogP contribution in [0.4, 0.5) is 0 Å². The van der Waals surface area contributed by atoms with Gasteiger partial charge in [-0.25, -0.2) is 0 Å². The summed E-state index contributed by atoms with van der Waals surface area (Å²) in [6, 6.07) is 8.54. The molecule has 2 nitrogen and oxygen atoms in total. The molecule has 0 aliphatic carbocycles. The molecular formula is C13H19NOS. The van der Waals surface area contributed by atoms with Gasteiger partial charge in [-0.1, -0.05) is 24.1 Å². The fourth-order valence-corrected chi connectivity index (χ4v) is 2.82. The van der Waals surface area contributed by atoms with Gasteiger partial charge in [0.25, 0.3) is 0 Å². The molecule has 2 rings (SSSR count). The predicted octanol–water partition coefficient (Wildman–Crippen LogP) is 3.15. The highest BCUT2D eigenvalue weighted by molar-refractivity contribution is 7.96. The second kappa shape index (κ2) is 5.60. The Kier molecular flexibility index (Phi) is 4.13. The third-order valence-corrected chi connectivity index (χ3v) is 4.18. The van der Waals surface area contributed by atoms with Gasteiger partial charge in [0.15, 0.2) is 0 Å². The first-order chi connectivity index (χ1) is 7.83. The van der Waals surface area contributed by atoms with E-state index in [4.69, 9.17) is 4.74 Å². The van der Waals surface area contributed by atoms with Crippen molar-refractivity contribution in [1.82, 2.24) is 4.31 Å². The van der Waals surface area contributed by atoms with Crippen LogP contribution in [0.2, 0.25) is 0 Å². The van der Waals surface area contributed by atoms with Gasteiger partial charge in [0.2, 0.25) is 0 Å². The van der Waals surface area contributed by atoms with Crippen molar-refractivity contribution in [1.29, 1.82) is 0 Å². The molecule has 0 amide bonds. The number of benzene rings is 1. The van der Waals surface area contributed by atoms with E-state index in [1.807, 2.05) is 11.9 Å². The van der Waals surface area contributed by atoms with Crippen molar-refractivity contribution >= 4 is 11.9 Å². The average Bonchev–Trinajstić information content (AvgIpc) is 2.39. The van der Waals surface area contributed by atoms with Gasteiger partial charge in [-0.2, -0.15) is 0 Å². The Hall–Kier alpha value is -0.670. The van der Waals surface area contributed by atoms with Gasteiger partial charge in [-0.15, -0.1) is 0 Å². The van der Waals surface area contributed by atoms with Crippen molar-refractivity contribution in [3.63, 3.8) is 0 Å². The number of methoxy groups -OCH3 is 1. The fourth-order valence-electron chi connectivity index (χ4n) is 2.25. The molecular weight excluding hydrogens is 218 g/mol. The average molecular weight is 237 g/mol. The number of nitrogens with zero attached hydrogens (tertiary/aromatic N) is 1. The Balaban J connectivity index is 1.97. The fraction of sp³-hybridized carbons (Fsp3) is 0.538. The number of ether oxygens (including phenoxy) is 1. The highest BCUT2D eigenvalue weighted by atomic mass is 32.2. The van der Waals surface area contributed by atoms with Crippen LogP contribution in [0.25, 0.3) is 0 Å². The molecule has 1 aromatic rings. The number of piperidine rings is 1. The molecule has 0 aromatic heterocycles. The number of hydrogen-bond donors (Lipinski definition) is 0. The van der Waals surface area contributed by atoms with E-state index in [2.05, 4.69) is 34.8 Å². The summed E-state index contributed by atoms with van der Waals surface area (Å²) in [7, 11) is 1.71. The third-order valence-electron chi connectivity index (χ3n) is 3.30. The summed E-state index contributed by atoms with van der Waals surface area (Å²) in [6.07, 6.45) is 4.70. The maximum Gasteiger partial charge on any atom is 0.118 e. The van der Waals surface area contributed by atoms with E-state index >= 15 is 0 Å². The van der Waals surface area contributed by atoms with Crippen LogP contribution in [0.1, 0.15) is 24.3 Å². The summed E-state index contributed by atoms with van der Waals surface area (Å²) in [5.41, 5.74) is 1.46. The van der Waals surface area contributed by atoms with Crippen molar-refractivity contribution in [3.8, 4) is 5.75 Å². The van der Waals surface area contributed by atoms with Crippen LogP contribution in [-0.2, 0) is 0 Å². The van der Waals surface area contributed by atoms with E-state index in [1.165, 1.54) is 31.5 Å². The molecule has 88 valence electrons. The quantitative estimate of drug-likeness (QED) is 0.749. The smallest absolute Gasteiger partial charge is 0.118 e. The predicted molar refractivity (Wildman–Crippen MR) is 70.1 cm³/mol. The Morgan fingerprint density at radius 2 is 1.81 bits per heavy atom. The summed E-state index contributed by atoms with van der Waals surface area (Å²) in [6.45, 7) is 2.41. The zero-order chi connectivity index (χ0) is 11.4. The molecule has 1 fully saturated rings. The first-order valence-electron chi connectivity index (χ1n) is 5.76. The first kappa shape index (κ1) is 11.8. The van der Waals surface area contributed by atoms with E-state index in [0.717, 1.165) is 11.7 Å². The molecule has 1 saturated heterocycles. The summed E-state index contributed by atoms with van der Waals surface area (Å²) < 4.78 is 7.62. The van der Waals surface area contributed by atoms with Crippen molar-refractivity contribution < 1.29 is 4.74 Å². The van der Waals surface area contributed by atoms with Gasteiger partial charge in [0, 0.05) is 13.1 Å². The van der Waals surface area contributed by atoms with Gasteiger partial charge in [0.05, 0.1) is 7.11 Å². The standard InChI is InChI=1S/C13H19NOS/c1-15-13-5-3-11(4-6-13)12-7-9-14(16-2)10-8-12/h3-6,12H,7-10H2,1-2H3. The Bertz CT molecular complexity index is 317. The third kappa shape index (κ3) is 2.71. The second-order valence-corrected chi connectivity index (χ2v) is 5.04. The highest BCUT2D eigenvalue weighted by Crippen LogP contribution is 2.30. The Morgan fingerprint density at radius 3 is 2.31 bits per heavy atom. The number of hydrogen-bond acceptors (Lipinski definition) is 3. The van der Waals surface area contributed by atoms with Crippen LogP contribution >= 0.6 is 11.9 Å². The topological polar surface area (TPSA) is 12.5 Å². The summed E-state index contributed by atoms with van der Waals surface area (Å²) in [4.78, 5) is 0. The van der Waals surface area contributed by atoms with Crippen LogP contribution in [0.15, 0.2) is 24.3 Å². The lowest BCUT2D eigenvalue weighted by atomic mass is 9.90. The van der Waals surface area contributed by atoms with E-state index in [0.29, 0.717) is 0 Å². The molecule has 1 aliphatic heterocycles. The summed E-state index contributed by atoms with van der Waals surface area (Å²) in [5, 5.41) is 0. The normalized spacial score (nSPS) is 18.6. The summed E-state index contributed by atoms with van der Waals surface area (Å²) in [5.74, 6) is 1.68. The van der Waals surface area contributed by atoms with E-state index in [-0.39, 0.29) is 0 Å². The lowest BCUT2D eigenvalue weighted by Gasteiger charge is -2.30. The van der Waals surface area contributed by atoms with Crippen molar-refractivity contribution in [3.05, 3.63) is 29.8 Å². The van der Waals surface area contributed by atoms with Gasteiger partial charge < -0.3 is 4.74 Å². The summed E-state index contributed by atoms with van der Waals surface area (Å²) >= 11 is 1.86. The lowest BCUT2D eigenvalue weighted by molar-refractivity contribution is 0.346. The van der Waals surface area contributed by atoms with Crippen LogP contribution in [0.5, 0.6) is 5.75 Å². The molecule has 0 radical (unpaired) electrons. The Morgan fingerprint density at radius 1 is 1.19 bits per heavy atom. The van der Waals surface area contributed by atoms with Gasteiger partial charge in [-0.3, -0.25) is 4.31 Å². The molecule has 0 atom stereocenters. The number of rotatable bonds is 3. The lowest BCUT2D eigenvalue weighted by Crippen LogP contribution is -2.27. The van der Waals surface area contributed by atoms with E-state index < -0.39 is 0 Å². The molecule has 0 unspecified atom stereocenters. The molecule has 1 heterocycles. The largest absolute Gasteiger partial charge is 0.497 e. The molecule has 0 N–H and O–H groups in total. The minimum Gasteiger partial charge on any atom is -0.497 e. The molecule has 16 heavy (non-hydrogen) atoms. The minimum absolute atomic E-state index is 0.731. The zero-order valence-corrected chi connectivity index (χ0v) is 10.8. The van der Waals surface area contributed by atoms with Crippen molar-refractivity contribution in [2.75, 3.05) is 26.5 Å². The van der Waals surface area contributed by atoms with Crippen LogP contribution in [0.3, 0.4) is 0 Å². The SMILES string of the molecule is COc1ccc(C2CCN(SC)CC2)cc1. The highest BCUT2D eigenvalue weighted by Gasteiger charge is 2.19. The monoisotopic (exact) mass is 237 g/mol. The van der Waals surface area contributed by atoms with Gasteiger partial charge in [0.1, 0.15) is 5.75 Å². The van der Waals surface area contributed by atoms with Crippen LogP contribution < -0.4 is 4.74 Å². The molecule has 0 saturated carbocycles. The maximum absolute atomic E-state index is 5.18. The molecule has 3 heteroatoms. The van der Waals surface area contributed by atoms with Crippen LogP contribution in [0, 0.1) is 0 Å². The molecule has 0 spiro atoms. The van der Waals surface area contributed by atoms with Gasteiger partial charge >= 0.3 is 0 Å². The minimum atomic E-state index is 0.731. The van der Waals surface area contributed by atoms with Crippen LogP contribution in [-0.4, -0.2) is 30.8 Å². The first-order valence-corrected chi connectivity index (χ1v) is 6.94.